The van der Waals surface area contributed by atoms with Crippen molar-refractivity contribution < 1.29 is 0 Å². The molecule has 0 bridgehead atoms. The van der Waals surface area contributed by atoms with Crippen molar-refractivity contribution in [2.75, 3.05) is 0 Å². The maximum atomic E-state index is 5.21. The normalized spacial score (nSPS) is 11.6. The number of pyridine rings is 10. The highest BCUT2D eigenvalue weighted by atomic mass is 14.8. The van der Waals surface area contributed by atoms with Crippen molar-refractivity contribution >= 4 is 120 Å². The van der Waals surface area contributed by atoms with Gasteiger partial charge < -0.3 is 0 Å². The van der Waals surface area contributed by atoms with E-state index in [4.69, 9.17) is 29.9 Å². The van der Waals surface area contributed by atoms with E-state index in [1.54, 1.807) is 0 Å². The molecule has 110 heavy (non-hydrogen) atoms. The van der Waals surface area contributed by atoms with Crippen LogP contribution in [0.4, 0.5) is 0 Å². The minimum absolute atomic E-state index is 0.901. The van der Waals surface area contributed by atoms with E-state index in [1.807, 2.05) is 61.4 Å². The lowest BCUT2D eigenvalue weighted by molar-refractivity contribution is 1.33. The van der Waals surface area contributed by atoms with Crippen LogP contribution in [0, 0.1) is 0 Å². The topological polar surface area (TPSA) is 129 Å². The van der Waals surface area contributed by atoms with Crippen LogP contribution in [-0.2, 0) is 0 Å². The molecular weight excluding hydrogens is 1340 g/mol. The summed E-state index contributed by atoms with van der Waals surface area (Å²) in [6.07, 6.45) is 11.3. The minimum atomic E-state index is 0.901. The Bertz CT molecular complexity index is 7480. The summed E-state index contributed by atoms with van der Waals surface area (Å²) >= 11 is 0. The third kappa shape index (κ3) is 11.6. The summed E-state index contributed by atoms with van der Waals surface area (Å²) in [4.78, 5) is 49.1. The van der Waals surface area contributed by atoms with Crippen LogP contribution in [0.1, 0.15) is 0 Å². The first-order valence-corrected chi connectivity index (χ1v) is 36.8. The van der Waals surface area contributed by atoms with Crippen LogP contribution in [0.2, 0.25) is 0 Å². The quantitative estimate of drug-likeness (QED) is 0.129. The molecule has 0 aliphatic carbocycles. The van der Waals surface area contributed by atoms with Gasteiger partial charge in [-0.3, -0.25) is 19.9 Å². The molecule has 0 aliphatic rings. The van der Waals surface area contributed by atoms with E-state index in [0.717, 1.165) is 210 Å². The van der Waals surface area contributed by atoms with E-state index >= 15 is 0 Å². The molecule has 0 atom stereocenters. The molecule has 22 rings (SSSR count). The van der Waals surface area contributed by atoms with E-state index in [9.17, 15) is 0 Å². The van der Waals surface area contributed by atoms with Crippen molar-refractivity contribution in [2.45, 2.75) is 0 Å². The SMILES string of the molecule is c1ccc2c(-c3ccc4ccc(-c5ccc6ccc(-c7ccc(-c8cc9cccnc9c9ncccc89)cc7)cc6n5)cc4n3)cncc2c1.c1ccc2cc(-c3ccc4ccc5ccc(-c6ccc(-c7ccc8ccc(-c9ccc%10ccc(-c%11cncc%12ccccc%11%12)nc%10c9)nc8c7)cc6)nc5c4n3)ccc2c1. The highest BCUT2D eigenvalue weighted by Crippen LogP contribution is 2.39. The van der Waals surface area contributed by atoms with Crippen LogP contribution >= 0.6 is 0 Å². The molecule has 0 N–H and O–H groups in total. The molecule has 0 aliphatic heterocycles. The molecular formula is C100H60N10. The predicted molar refractivity (Wildman–Crippen MR) is 452 cm³/mol. The van der Waals surface area contributed by atoms with Crippen molar-refractivity contribution in [3.8, 4) is 101 Å². The first-order valence-electron chi connectivity index (χ1n) is 36.8. The Morgan fingerprint density at radius 2 is 0.509 bits per heavy atom. The Balaban J connectivity index is 0.000000142. The van der Waals surface area contributed by atoms with Crippen LogP contribution in [0.25, 0.3) is 220 Å². The van der Waals surface area contributed by atoms with Gasteiger partial charge in [-0.2, -0.15) is 0 Å². The average Bonchev–Trinajstić information content (AvgIpc) is 0.763. The molecule has 0 unspecified atom stereocenters. The number of benzene rings is 12. The molecule has 0 radical (unpaired) electrons. The Labute approximate surface area is 631 Å². The van der Waals surface area contributed by atoms with Gasteiger partial charge in [0.15, 0.2) is 0 Å². The highest BCUT2D eigenvalue weighted by molar-refractivity contribution is 6.11. The third-order valence-corrected chi connectivity index (χ3v) is 21.3. The van der Waals surface area contributed by atoms with Crippen molar-refractivity contribution in [3.63, 3.8) is 0 Å². The van der Waals surface area contributed by atoms with Gasteiger partial charge in [-0.25, -0.2) is 29.9 Å². The van der Waals surface area contributed by atoms with Gasteiger partial charge in [0.2, 0.25) is 0 Å². The van der Waals surface area contributed by atoms with E-state index in [-0.39, 0.29) is 0 Å². The number of hydrogen-bond acceptors (Lipinski definition) is 10. The minimum Gasteiger partial charge on any atom is -0.263 e. The van der Waals surface area contributed by atoms with Crippen LogP contribution in [0.15, 0.2) is 365 Å². The molecule has 0 amide bonds. The van der Waals surface area contributed by atoms with Crippen LogP contribution in [0.5, 0.6) is 0 Å². The summed E-state index contributed by atoms with van der Waals surface area (Å²) in [5, 5.41) is 15.6. The van der Waals surface area contributed by atoms with Gasteiger partial charge in [-0.05, 0) is 140 Å². The molecule has 12 aromatic carbocycles. The number of aromatic nitrogens is 10. The number of hydrogen-bond donors (Lipinski definition) is 0. The van der Waals surface area contributed by atoms with Gasteiger partial charge in [0.05, 0.1) is 78.3 Å². The van der Waals surface area contributed by atoms with Crippen molar-refractivity contribution in [1.29, 1.82) is 0 Å². The fraction of sp³-hybridized carbons (Fsp3) is 0. The van der Waals surface area contributed by atoms with E-state index in [2.05, 4.69) is 323 Å². The number of fused-ring (bicyclic) bond motifs is 13. The zero-order valence-electron chi connectivity index (χ0n) is 59.1. The van der Waals surface area contributed by atoms with Crippen LogP contribution in [-0.4, -0.2) is 49.8 Å². The van der Waals surface area contributed by atoms with Gasteiger partial charge in [0, 0.05) is 124 Å². The fourth-order valence-corrected chi connectivity index (χ4v) is 15.5. The zero-order valence-corrected chi connectivity index (χ0v) is 59.1. The molecule has 10 heteroatoms. The highest BCUT2D eigenvalue weighted by Gasteiger charge is 2.17. The second-order valence-corrected chi connectivity index (χ2v) is 27.9. The lowest BCUT2D eigenvalue weighted by Gasteiger charge is -2.11. The first kappa shape index (κ1) is 63.5. The predicted octanol–water partition coefficient (Wildman–Crippen LogP) is 25.0. The maximum Gasteiger partial charge on any atom is 0.0972 e. The van der Waals surface area contributed by atoms with E-state index in [1.165, 1.54) is 10.8 Å². The molecule has 10 aromatic heterocycles. The smallest absolute Gasteiger partial charge is 0.0972 e. The largest absolute Gasteiger partial charge is 0.263 e. The van der Waals surface area contributed by atoms with Crippen molar-refractivity contribution in [1.82, 2.24) is 49.8 Å². The molecule has 0 spiro atoms. The molecule has 10 nitrogen and oxygen atoms in total. The maximum absolute atomic E-state index is 5.21. The van der Waals surface area contributed by atoms with E-state index < -0.39 is 0 Å². The molecule has 10 heterocycles. The second kappa shape index (κ2) is 26.5. The summed E-state index contributed by atoms with van der Waals surface area (Å²) in [6.45, 7) is 0. The standard InChI is InChI=1S/C55H33N5.C45H27N5/c1-2-6-41-29-43(19-11-34(41)5-1)50-27-24-40-17-16-39-23-26-48(59-54(39)55(40)60-50)36-12-9-35(10-13-36)42-18-14-37-21-25-49(57-52(37)30-42)44-20-15-38-22-28-51(58-53(38)31-44)47-33-56-32-45-7-3-4-8-46(45)47;1-2-7-36-35(5-1)26-46-27-39(36)41-20-18-31-14-16-33(25-43(31)50-41)40-19-17-30-13-15-32(24-42(30)49-40)28-9-11-29(12-10-28)38-23-34-6-3-21-47-44(34)45-37(38)8-4-22-48-45/h1-33H;1-27H. The number of nitrogens with zero attached hydrogens (tertiary/aromatic N) is 10. The van der Waals surface area contributed by atoms with Crippen LogP contribution in [0.3, 0.4) is 0 Å². The number of rotatable bonds is 9. The average molecular weight is 1400 g/mol. The fourth-order valence-electron chi connectivity index (χ4n) is 15.5. The third-order valence-electron chi connectivity index (χ3n) is 21.3. The molecule has 0 saturated heterocycles. The van der Waals surface area contributed by atoms with Crippen molar-refractivity contribution in [2.24, 2.45) is 0 Å². The van der Waals surface area contributed by atoms with Crippen molar-refractivity contribution in [3.05, 3.63) is 365 Å². The first-order chi connectivity index (χ1) is 54.4. The molecule has 0 fully saturated rings. The Kier molecular flexibility index (Phi) is 15.3. The Hall–Kier alpha value is -15.0. The monoisotopic (exact) mass is 1400 g/mol. The van der Waals surface area contributed by atoms with Gasteiger partial charge in [0.1, 0.15) is 0 Å². The summed E-state index contributed by atoms with van der Waals surface area (Å²) in [6, 6.07) is 115. The van der Waals surface area contributed by atoms with Gasteiger partial charge >= 0.3 is 0 Å². The lowest BCUT2D eigenvalue weighted by Crippen LogP contribution is -1.91. The van der Waals surface area contributed by atoms with Gasteiger partial charge in [0.25, 0.3) is 0 Å². The van der Waals surface area contributed by atoms with Gasteiger partial charge in [-0.1, -0.05) is 243 Å². The summed E-state index contributed by atoms with van der Waals surface area (Å²) in [5.74, 6) is 0. The molecule has 22 aromatic rings. The Morgan fingerprint density at radius 1 is 0.164 bits per heavy atom. The van der Waals surface area contributed by atoms with Crippen LogP contribution < -0.4 is 0 Å². The lowest BCUT2D eigenvalue weighted by atomic mass is 9.95. The summed E-state index contributed by atoms with van der Waals surface area (Å²) in [5.41, 5.74) is 25.9. The zero-order chi connectivity index (χ0) is 72.6. The van der Waals surface area contributed by atoms with E-state index in [0.29, 0.717) is 0 Å². The summed E-state index contributed by atoms with van der Waals surface area (Å²) < 4.78 is 0. The summed E-state index contributed by atoms with van der Waals surface area (Å²) in [7, 11) is 0. The molecule has 0 saturated carbocycles. The molecule has 510 valence electrons. The second-order valence-electron chi connectivity index (χ2n) is 27.9. The van der Waals surface area contributed by atoms with Gasteiger partial charge in [-0.15, -0.1) is 0 Å². The Morgan fingerprint density at radius 3 is 1.05 bits per heavy atom.